The maximum atomic E-state index is 4.70. The van der Waals surface area contributed by atoms with Gasteiger partial charge in [0.25, 0.3) is 0 Å². The number of aryl methyl sites for hydroxylation is 2. The maximum absolute atomic E-state index is 4.70. The molecule has 142 valence electrons. The van der Waals surface area contributed by atoms with Crippen molar-refractivity contribution in [1.82, 2.24) is 29.3 Å². The van der Waals surface area contributed by atoms with Crippen LogP contribution < -0.4 is 0 Å². The predicted octanol–water partition coefficient (Wildman–Crippen LogP) is 4.37. The van der Waals surface area contributed by atoms with Gasteiger partial charge in [0, 0.05) is 18.3 Å². The van der Waals surface area contributed by atoms with Crippen molar-refractivity contribution in [3.63, 3.8) is 0 Å². The molecule has 0 amide bonds. The number of rotatable bonds is 6. The van der Waals surface area contributed by atoms with Crippen LogP contribution in [0.1, 0.15) is 5.56 Å². The van der Waals surface area contributed by atoms with E-state index in [1.165, 1.54) is 5.56 Å². The van der Waals surface area contributed by atoms with Gasteiger partial charge in [-0.25, -0.2) is 14.6 Å². The van der Waals surface area contributed by atoms with Gasteiger partial charge in [-0.05, 0) is 24.1 Å². The molecule has 0 saturated heterocycles. The Morgan fingerprint density at radius 3 is 2.45 bits per heavy atom. The zero-order chi connectivity index (χ0) is 19.5. The number of para-hydroxylation sites is 1. The number of aromatic amines is 1. The second-order valence-electron chi connectivity index (χ2n) is 6.85. The van der Waals surface area contributed by atoms with Crippen molar-refractivity contribution in [1.29, 1.82) is 0 Å². The van der Waals surface area contributed by atoms with Crippen LogP contribution in [0.4, 0.5) is 0 Å². The van der Waals surface area contributed by atoms with Crippen LogP contribution in [0.3, 0.4) is 0 Å². The fourth-order valence-corrected chi connectivity index (χ4v) is 3.49. The molecule has 5 aromatic rings. The van der Waals surface area contributed by atoms with E-state index in [0.717, 1.165) is 41.3 Å². The van der Waals surface area contributed by atoms with E-state index in [4.69, 9.17) is 4.98 Å². The maximum Gasteiger partial charge on any atom is 0.0979 e. The Morgan fingerprint density at radius 2 is 1.69 bits per heavy atom. The molecule has 6 heteroatoms. The normalized spacial score (nSPS) is 11.0. The molecule has 0 aliphatic rings. The van der Waals surface area contributed by atoms with Crippen LogP contribution in [0.25, 0.3) is 28.3 Å². The largest absolute Gasteiger partial charge is 0.343 e. The molecule has 0 unspecified atom stereocenters. The van der Waals surface area contributed by atoms with Crippen LogP contribution in [0.2, 0.25) is 0 Å². The Balaban J connectivity index is 1.42. The zero-order valence-electron chi connectivity index (χ0n) is 15.8. The van der Waals surface area contributed by atoms with Crippen molar-refractivity contribution in [2.45, 2.75) is 13.0 Å². The molecular weight excluding hydrogens is 360 g/mol. The average Bonchev–Trinajstić information content (AvgIpc) is 3.54. The monoisotopic (exact) mass is 380 g/mol. The van der Waals surface area contributed by atoms with Crippen LogP contribution in [0.15, 0.2) is 91.9 Å². The molecule has 2 aromatic carbocycles. The van der Waals surface area contributed by atoms with Crippen LogP contribution >= 0.6 is 0 Å². The summed E-state index contributed by atoms with van der Waals surface area (Å²) in [4.78, 5) is 12.1. The lowest BCUT2D eigenvalue weighted by Gasteiger charge is -2.08. The molecular formula is C23H20N6. The molecule has 5 rings (SSSR count). The first-order chi connectivity index (χ1) is 14.4. The Kier molecular flexibility index (Phi) is 4.50. The standard InChI is InChI=1S/C23H20N6/c1-3-7-19(8-4-1)22-23(21-14-24-16-25-21)28(17-26-22)12-11-18-13-27-29(15-18)20-9-5-2-6-10-20/h1-10,13-17H,11-12H2,(H,24,25). The molecule has 6 nitrogen and oxygen atoms in total. The van der Waals surface area contributed by atoms with Gasteiger partial charge in [0.2, 0.25) is 0 Å². The number of hydrogen-bond donors (Lipinski definition) is 1. The van der Waals surface area contributed by atoms with Crippen molar-refractivity contribution < 1.29 is 0 Å². The SMILES string of the molecule is c1ccc(-c2ncn(CCc3cnn(-c4ccccc4)c3)c2-c2cnc[nH]2)cc1. The number of nitrogens with one attached hydrogen (secondary N) is 1. The number of aromatic nitrogens is 6. The van der Waals surface area contributed by atoms with Crippen molar-refractivity contribution in [3.05, 3.63) is 97.5 Å². The number of H-pyrrole nitrogens is 1. The summed E-state index contributed by atoms with van der Waals surface area (Å²) in [5.41, 5.74) is 6.29. The molecule has 0 saturated carbocycles. The highest BCUT2D eigenvalue weighted by Gasteiger charge is 2.16. The highest BCUT2D eigenvalue weighted by Crippen LogP contribution is 2.30. The molecule has 0 spiro atoms. The Labute approximate surface area is 168 Å². The highest BCUT2D eigenvalue weighted by molar-refractivity contribution is 5.76. The van der Waals surface area contributed by atoms with Gasteiger partial charge in [0.05, 0.1) is 47.8 Å². The number of hydrogen-bond acceptors (Lipinski definition) is 3. The molecule has 0 aliphatic heterocycles. The third-order valence-corrected chi connectivity index (χ3v) is 4.94. The van der Waals surface area contributed by atoms with Crippen molar-refractivity contribution in [2.75, 3.05) is 0 Å². The predicted molar refractivity (Wildman–Crippen MR) is 113 cm³/mol. The van der Waals surface area contributed by atoms with Gasteiger partial charge >= 0.3 is 0 Å². The lowest BCUT2D eigenvalue weighted by atomic mass is 10.1. The Morgan fingerprint density at radius 1 is 0.897 bits per heavy atom. The van der Waals surface area contributed by atoms with Crippen LogP contribution in [-0.2, 0) is 13.0 Å². The van der Waals surface area contributed by atoms with Gasteiger partial charge in [0.15, 0.2) is 0 Å². The van der Waals surface area contributed by atoms with E-state index in [2.05, 4.69) is 50.1 Å². The second kappa shape index (κ2) is 7.59. The summed E-state index contributed by atoms with van der Waals surface area (Å²) >= 11 is 0. The minimum atomic E-state index is 0.800. The number of nitrogens with zero attached hydrogens (tertiary/aromatic N) is 5. The van der Waals surface area contributed by atoms with Gasteiger partial charge in [-0.3, -0.25) is 0 Å². The Bertz CT molecular complexity index is 1190. The summed E-state index contributed by atoms with van der Waals surface area (Å²) in [6, 6.07) is 20.4. The average molecular weight is 380 g/mol. The van der Waals surface area contributed by atoms with Gasteiger partial charge in [0.1, 0.15) is 0 Å². The first kappa shape index (κ1) is 17.2. The fraction of sp³-hybridized carbons (Fsp3) is 0.0870. The van der Waals surface area contributed by atoms with E-state index in [9.17, 15) is 0 Å². The van der Waals surface area contributed by atoms with E-state index in [-0.39, 0.29) is 0 Å². The van der Waals surface area contributed by atoms with Crippen LogP contribution in [0.5, 0.6) is 0 Å². The summed E-state index contributed by atoms with van der Waals surface area (Å²) in [5, 5.41) is 4.50. The van der Waals surface area contributed by atoms with Gasteiger partial charge in [-0.1, -0.05) is 48.5 Å². The molecule has 0 radical (unpaired) electrons. The quantitative estimate of drug-likeness (QED) is 0.476. The first-order valence-corrected chi connectivity index (χ1v) is 9.57. The molecule has 0 bridgehead atoms. The van der Waals surface area contributed by atoms with E-state index in [0.29, 0.717) is 0 Å². The fourth-order valence-electron chi connectivity index (χ4n) is 3.49. The molecule has 0 aliphatic carbocycles. The molecule has 0 atom stereocenters. The molecule has 3 heterocycles. The Hall–Kier alpha value is -3.93. The number of imidazole rings is 2. The number of benzene rings is 2. The highest BCUT2D eigenvalue weighted by atomic mass is 15.3. The first-order valence-electron chi connectivity index (χ1n) is 9.57. The molecule has 3 aromatic heterocycles. The van der Waals surface area contributed by atoms with Crippen molar-refractivity contribution in [2.24, 2.45) is 0 Å². The van der Waals surface area contributed by atoms with Gasteiger partial charge in [-0.2, -0.15) is 5.10 Å². The van der Waals surface area contributed by atoms with Crippen molar-refractivity contribution in [3.8, 4) is 28.3 Å². The second-order valence-corrected chi connectivity index (χ2v) is 6.85. The third-order valence-electron chi connectivity index (χ3n) is 4.94. The van der Waals surface area contributed by atoms with Crippen LogP contribution in [0, 0.1) is 0 Å². The minimum Gasteiger partial charge on any atom is -0.343 e. The van der Waals surface area contributed by atoms with E-state index in [1.807, 2.05) is 59.8 Å². The lowest BCUT2D eigenvalue weighted by molar-refractivity contribution is 0.700. The van der Waals surface area contributed by atoms with Crippen LogP contribution in [-0.4, -0.2) is 29.3 Å². The molecule has 0 fully saturated rings. The van der Waals surface area contributed by atoms with E-state index >= 15 is 0 Å². The summed E-state index contributed by atoms with van der Waals surface area (Å²) in [6.07, 6.45) is 10.3. The lowest BCUT2D eigenvalue weighted by Crippen LogP contribution is -2.02. The summed E-state index contributed by atoms with van der Waals surface area (Å²) in [5.74, 6) is 0. The molecule has 1 N–H and O–H groups in total. The third kappa shape index (κ3) is 3.48. The smallest absolute Gasteiger partial charge is 0.0979 e. The topological polar surface area (TPSA) is 64.3 Å². The molecule has 29 heavy (non-hydrogen) atoms. The summed E-state index contributed by atoms with van der Waals surface area (Å²) in [6.45, 7) is 0.800. The van der Waals surface area contributed by atoms with Gasteiger partial charge in [-0.15, -0.1) is 0 Å². The summed E-state index contributed by atoms with van der Waals surface area (Å²) in [7, 11) is 0. The van der Waals surface area contributed by atoms with E-state index < -0.39 is 0 Å². The minimum absolute atomic E-state index is 0.800. The zero-order valence-corrected chi connectivity index (χ0v) is 15.8. The van der Waals surface area contributed by atoms with Crippen molar-refractivity contribution >= 4 is 0 Å². The summed E-state index contributed by atoms with van der Waals surface area (Å²) < 4.78 is 4.09. The van der Waals surface area contributed by atoms with E-state index in [1.54, 1.807) is 6.33 Å². The van der Waals surface area contributed by atoms with Gasteiger partial charge < -0.3 is 9.55 Å².